The zero-order valence-corrected chi connectivity index (χ0v) is 25.3. The molecular formula is C31H41ClN4O5. The van der Waals surface area contributed by atoms with E-state index in [9.17, 15) is 19.2 Å². The highest BCUT2D eigenvalue weighted by Gasteiger charge is 2.30. The van der Waals surface area contributed by atoms with Crippen LogP contribution in [-0.4, -0.2) is 73.0 Å². The Bertz CT molecular complexity index is 1250. The van der Waals surface area contributed by atoms with Crippen molar-refractivity contribution in [3.63, 3.8) is 0 Å². The maximum atomic E-state index is 13.7. The van der Waals surface area contributed by atoms with Crippen LogP contribution in [0.15, 0.2) is 42.5 Å². The number of hydrogen-bond donors (Lipinski definition) is 2. The molecular weight excluding hydrogens is 544 g/mol. The van der Waals surface area contributed by atoms with Crippen LogP contribution < -0.4 is 15.5 Å². The average Bonchev–Trinajstić information content (AvgIpc) is 2.88. The summed E-state index contributed by atoms with van der Waals surface area (Å²) >= 11 is 6.13. The summed E-state index contributed by atoms with van der Waals surface area (Å²) in [6.07, 6.45) is 0.0857. The number of ether oxygens (including phenoxy) is 1. The first-order chi connectivity index (χ1) is 19.3. The van der Waals surface area contributed by atoms with E-state index >= 15 is 0 Å². The molecule has 1 fully saturated rings. The molecule has 3 amide bonds. The topological polar surface area (TPSA) is 108 Å². The van der Waals surface area contributed by atoms with Gasteiger partial charge in [0, 0.05) is 62.7 Å². The summed E-state index contributed by atoms with van der Waals surface area (Å²) in [4.78, 5) is 54.3. The van der Waals surface area contributed by atoms with Crippen molar-refractivity contribution in [1.29, 1.82) is 0 Å². The van der Waals surface area contributed by atoms with Crippen molar-refractivity contribution < 1.29 is 23.9 Å². The van der Waals surface area contributed by atoms with Crippen molar-refractivity contribution in [1.82, 2.24) is 15.5 Å². The first-order valence-corrected chi connectivity index (χ1v) is 14.3. The lowest BCUT2D eigenvalue weighted by Gasteiger charge is -2.38. The normalized spacial score (nSPS) is 14.3. The number of halogens is 1. The number of anilines is 1. The summed E-state index contributed by atoms with van der Waals surface area (Å²) in [6, 6.07) is 12.6. The number of Topliss-reactive ketones (excluding diaryl/α,β-unsaturated/α-hetero) is 1. The first-order valence-electron chi connectivity index (χ1n) is 13.9. The Kier molecular flexibility index (Phi) is 11.2. The fourth-order valence-corrected chi connectivity index (χ4v) is 5.02. The van der Waals surface area contributed by atoms with Gasteiger partial charge in [-0.05, 0) is 69.5 Å². The molecule has 9 nitrogen and oxygen atoms in total. The van der Waals surface area contributed by atoms with E-state index in [0.29, 0.717) is 44.0 Å². The van der Waals surface area contributed by atoms with Gasteiger partial charge in [0.15, 0.2) is 0 Å². The Labute approximate surface area is 247 Å². The summed E-state index contributed by atoms with van der Waals surface area (Å²) in [5.41, 5.74) is 3.19. The van der Waals surface area contributed by atoms with Crippen molar-refractivity contribution in [3.8, 4) is 0 Å². The van der Waals surface area contributed by atoms with E-state index in [-0.39, 0.29) is 30.6 Å². The maximum absolute atomic E-state index is 13.7. The van der Waals surface area contributed by atoms with Gasteiger partial charge in [-0.2, -0.15) is 0 Å². The van der Waals surface area contributed by atoms with Crippen LogP contribution in [0, 0.1) is 6.92 Å². The molecule has 3 rings (SSSR count). The monoisotopic (exact) mass is 584 g/mol. The smallest absolute Gasteiger partial charge is 0.407 e. The highest BCUT2D eigenvalue weighted by Crippen LogP contribution is 2.23. The van der Waals surface area contributed by atoms with Gasteiger partial charge < -0.3 is 25.2 Å². The summed E-state index contributed by atoms with van der Waals surface area (Å²) in [5.74, 6) is -0.407. The number of carbonyl (C=O) groups is 4. The Morgan fingerprint density at radius 1 is 1.00 bits per heavy atom. The fourth-order valence-electron chi connectivity index (χ4n) is 4.79. The van der Waals surface area contributed by atoms with E-state index in [2.05, 4.69) is 15.5 Å². The number of para-hydroxylation sites is 1. The summed E-state index contributed by atoms with van der Waals surface area (Å²) in [5, 5.41) is 6.08. The summed E-state index contributed by atoms with van der Waals surface area (Å²) in [7, 11) is 0. The van der Waals surface area contributed by atoms with Gasteiger partial charge in [0.05, 0.1) is 0 Å². The Hall–Kier alpha value is -3.59. The molecule has 10 heteroatoms. The molecule has 0 spiro atoms. The lowest BCUT2D eigenvalue weighted by Crippen LogP contribution is -2.56. The van der Waals surface area contributed by atoms with Crippen LogP contribution in [0.3, 0.4) is 0 Å². The molecule has 0 aliphatic carbocycles. The molecule has 1 aliphatic heterocycles. The molecule has 0 bridgehead atoms. The number of carbonyl (C=O) groups excluding carboxylic acids is 4. The number of aryl methyl sites for hydroxylation is 1. The molecule has 0 saturated carbocycles. The van der Waals surface area contributed by atoms with Crippen LogP contribution in [0.5, 0.6) is 0 Å². The minimum Gasteiger partial charge on any atom is -0.444 e. The van der Waals surface area contributed by atoms with Crippen LogP contribution in [0.4, 0.5) is 10.5 Å². The number of rotatable bonds is 10. The zero-order chi connectivity index (χ0) is 30.2. The standard InChI is InChI=1S/C31H41ClN4O5/c1-21-18-25(32)11-10-23(21)20-26(34-28(38)12-13-33-30(40)41-31(3,4)5)29(39)36-16-14-35(15-17-36)27-9-7-6-8-24(27)19-22(2)37/h6-11,18,26H,12-17,19-20H2,1-5H3,(H,33,40)(H,34,38). The molecule has 1 aliphatic rings. The van der Waals surface area contributed by atoms with Gasteiger partial charge in [0.1, 0.15) is 17.4 Å². The van der Waals surface area contributed by atoms with Crippen molar-refractivity contribution in [2.45, 2.75) is 65.5 Å². The number of benzene rings is 2. The fraction of sp³-hybridized carbons (Fsp3) is 0.484. The Morgan fingerprint density at radius 2 is 1.68 bits per heavy atom. The second-order valence-electron chi connectivity index (χ2n) is 11.4. The lowest BCUT2D eigenvalue weighted by atomic mass is 9.99. The number of amides is 3. The quantitative estimate of drug-likeness (QED) is 0.436. The average molecular weight is 585 g/mol. The number of ketones is 1. The van der Waals surface area contributed by atoms with Crippen molar-refractivity contribution in [2.24, 2.45) is 0 Å². The van der Waals surface area contributed by atoms with Crippen LogP contribution in [0.1, 0.15) is 50.8 Å². The van der Waals surface area contributed by atoms with Crippen LogP contribution in [-0.2, 0) is 32.0 Å². The van der Waals surface area contributed by atoms with Gasteiger partial charge in [-0.15, -0.1) is 0 Å². The first kappa shape index (κ1) is 31.9. The van der Waals surface area contributed by atoms with E-state index in [1.165, 1.54) is 0 Å². The third-order valence-corrected chi connectivity index (χ3v) is 6.98. The third kappa shape index (κ3) is 10.1. The SMILES string of the molecule is CC(=O)Cc1ccccc1N1CCN(C(=O)C(Cc2ccc(Cl)cc2C)NC(=O)CCNC(=O)OC(C)(C)C)CC1. The molecule has 41 heavy (non-hydrogen) atoms. The van der Waals surface area contributed by atoms with Gasteiger partial charge in [-0.1, -0.05) is 35.9 Å². The zero-order valence-electron chi connectivity index (χ0n) is 24.6. The van der Waals surface area contributed by atoms with Crippen LogP contribution in [0.25, 0.3) is 0 Å². The molecule has 2 aromatic carbocycles. The Balaban J connectivity index is 1.66. The van der Waals surface area contributed by atoms with Crippen LogP contribution >= 0.6 is 11.6 Å². The molecule has 222 valence electrons. The molecule has 2 N–H and O–H groups in total. The van der Waals surface area contributed by atoms with Gasteiger partial charge in [-0.25, -0.2) is 4.79 Å². The number of piperazine rings is 1. The highest BCUT2D eigenvalue weighted by molar-refractivity contribution is 6.30. The van der Waals surface area contributed by atoms with E-state index in [4.69, 9.17) is 16.3 Å². The molecule has 1 unspecified atom stereocenters. The Morgan fingerprint density at radius 3 is 2.32 bits per heavy atom. The number of hydrogen-bond acceptors (Lipinski definition) is 6. The largest absolute Gasteiger partial charge is 0.444 e. The van der Waals surface area contributed by atoms with E-state index in [1.807, 2.05) is 43.3 Å². The predicted molar refractivity (Wildman–Crippen MR) is 160 cm³/mol. The lowest BCUT2D eigenvalue weighted by molar-refractivity contribution is -0.136. The van der Waals surface area contributed by atoms with Gasteiger partial charge in [0.2, 0.25) is 11.8 Å². The van der Waals surface area contributed by atoms with Crippen molar-refractivity contribution >= 4 is 41.0 Å². The molecule has 0 radical (unpaired) electrons. The van der Waals surface area contributed by atoms with Crippen LogP contribution in [0.2, 0.25) is 5.02 Å². The number of alkyl carbamates (subject to hydrolysis) is 1. The third-order valence-electron chi connectivity index (χ3n) is 6.75. The van der Waals surface area contributed by atoms with E-state index in [0.717, 1.165) is 22.4 Å². The molecule has 0 aromatic heterocycles. The molecule has 1 saturated heterocycles. The minimum atomic E-state index is -0.777. The van der Waals surface area contributed by atoms with E-state index < -0.39 is 17.7 Å². The van der Waals surface area contributed by atoms with Crippen molar-refractivity contribution in [3.05, 3.63) is 64.2 Å². The summed E-state index contributed by atoms with van der Waals surface area (Å²) < 4.78 is 5.21. The molecule has 1 atom stereocenters. The highest BCUT2D eigenvalue weighted by atomic mass is 35.5. The second-order valence-corrected chi connectivity index (χ2v) is 11.8. The number of nitrogens with one attached hydrogen (secondary N) is 2. The predicted octanol–water partition coefficient (Wildman–Crippen LogP) is 4.07. The number of nitrogens with zero attached hydrogens (tertiary/aromatic N) is 2. The minimum absolute atomic E-state index is 0.00331. The molecule has 1 heterocycles. The summed E-state index contributed by atoms with van der Waals surface area (Å²) in [6.45, 7) is 11.1. The van der Waals surface area contributed by atoms with E-state index in [1.54, 1.807) is 38.7 Å². The molecule has 2 aromatic rings. The van der Waals surface area contributed by atoms with Gasteiger partial charge >= 0.3 is 6.09 Å². The second kappa shape index (κ2) is 14.3. The van der Waals surface area contributed by atoms with Gasteiger partial charge in [-0.3, -0.25) is 14.4 Å². The van der Waals surface area contributed by atoms with Gasteiger partial charge in [0.25, 0.3) is 0 Å². The maximum Gasteiger partial charge on any atom is 0.407 e. The van der Waals surface area contributed by atoms with Crippen molar-refractivity contribution in [2.75, 3.05) is 37.6 Å².